The van der Waals surface area contributed by atoms with Gasteiger partial charge in [-0.1, -0.05) is 12.2 Å². The van der Waals surface area contributed by atoms with Gasteiger partial charge in [0.25, 0.3) is 0 Å². The zero-order valence-corrected chi connectivity index (χ0v) is 15.0. The first-order valence-corrected chi connectivity index (χ1v) is 8.59. The number of dihydropyridines is 1. The van der Waals surface area contributed by atoms with Crippen LogP contribution in [0.4, 0.5) is 4.79 Å². The summed E-state index contributed by atoms with van der Waals surface area (Å²) in [6.45, 7) is 7.49. The van der Waals surface area contributed by atoms with Gasteiger partial charge in [0, 0.05) is 43.2 Å². The lowest BCUT2D eigenvalue weighted by Crippen LogP contribution is -2.39. The molecule has 0 saturated carbocycles. The van der Waals surface area contributed by atoms with Gasteiger partial charge in [0.1, 0.15) is 5.60 Å². The number of nitrogens with zero attached hydrogens (tertiary/aromatic N) is 4. The Bertz CT molecular complexity index is 730. The molecule has 0 bridgehead atoms. The molecule has 0 fully saturated rings. The van der Waals surface area contributed by atoms with E-state index in [0.717, 1.165) is 30.0 Å². The van der Waals surface area contributed by atoms with Crippen LogP contribution in [0.5, 0.6) is 0 Å². The fourth-order valence-electron chi connectivity index (χ4n) is 2.81. The summed E-state index contributed by atoms with van der Waals surface area (Å²) in [6, 6.07) is 1.81. The van der Waals surface area contributed by atoms with Crippen LogP contribution in [0.25, 0.3) is 5.57 Å². The summed E-state index contributed by atoms with van der Waals surface area (Å²) >= 11 is 0. The van der Waals surface area contributed by atoms with Crippen molar-refractivity contribution in [2.24, 2.45) is 4.99 Å². The maximum Gasteiger partial charge on any atom is 0.410 e. The largest absolute Gasteiger partial charge is 0.444 e. The molecule has 6 heteroatoms. The van der Waals surface area contributed by atoms with Crippen molar-refractivity contribution in [3.8, 4) is 0 Å². The summed E-state index contributed by atoms with van der Waals surface area (Å²) in [6.07, 6.45) is 9.07. The number of carbonyl (C=O) groups excluding carboxylic acids is 1. The first kappa shape index (κ1) is 17.3. The highest BCUT2D eigenvalue weighted by Crippen LogP contribution is 2.22. The van der Waals surface area contributed by atoms with Crippen molar-refractivity contribution in [3.63, 3.8) is 0 Å². The van der Waals surface area contributed by atoms with E-state index >= 15 is 0 Å². The Morgan fingerprint density at radius 3 is 2.48 bits per heavy atom. The van der Waals surface area contributed by atoms with Crippen LogP contribution in [-0.2, 0) is 4.74 Å². The summed E-state index contributed by atoms with van der Waals surface area (Å²) in [5, 5.41) is 0. The van der Waals surface area contributed by atoms with Gasteiger partial charge in [-0.3, -0.25) is 4.99 Å². The first-order valence-electron chi connectivity index (χ1n) is 8.59. The fraction of sp³-hybridized carbons (Fsp3) is 0.474. The lowest BCUT2D eigenvalue weighted by atomic mass is 9.97. The van der Waals surface area contributed by atoms with E-state index in [9.17, 15) is 4.79 Å². The van der Waals surface area contributed by atoms with Crippen LogP contribution in [0, 0.1) is 0 Å². The minimum absolute atomic E-state index is 0.253. The van der Waals surface area contributed by atoms with Crippen molar-refractivity contribution in [2.45, 2.75) is 39.2 Å². The van der Waals surface area contributed by atoms with E-state index in [4.69, 9.17) is 9.73 Å². The van der Waals surface area contributed by atoms with Crippen LogP contribution < -0.4 is 0 Å². The molecule has 132 valence electrons. The summed E-state index contributed by atoms with van der Waals surface area (Å²) in [5.74, 6) is 0.749. The van der Waals surface area contributed by atoms with Crippen LogP contribution in [0.2, 0.25) is 0 Å². The number of amides is 1. The lowest BCUT2D eigenvalue weighted by Gasteiger charge is -2.30. The van der Waals surface area contributed by atoms with Gasteiger partial charge in [0.05, 0.1) is 6.54 Å². The number of carbonyl (C=O) groups is 1. The Kier molecular flexibility index (Phi) is 4.97. The molecular formula is C19H24N4O2. The monoisotopic (exact) mass is 340 g/mol. The van der Waals surface area contributed by atoms with Crippen LogP contribution in [0.1, 0.15) is 39.4 Å². The molecule has 0 aliphatic carbocycles. The molecule has 2 aliphatic rings. The van der Waals surface area contributed by atoms with Gasteiger partial charge >= 0.3 is 6.09 Å². The van der Waals surface area contributed by atoms with Crippen molar-refractivity contribution in [3.05, 3.63) is 42.0 Å². The smallest absolute Gasteiger partial charge is 0.410 e. The highest BCUT2D eigenvalue weighted by atomic mass is 16.6. The van der Waals surface area contributed by atoms with Gasteiger partial charge in [-0.2, -0.15) is 0 Å². The van der Waals surface area contributed by atoms with E-state index in [2.05, 4.69) is 22.1 Å². The third kappa shape index (κ3) is 4.53. The number of hydrogen-bond donors (Lipinski definition) is 0. The Labute approximate surface area is 148 Å². The first-order chi connectivity index (χ1) is 11.9. The Morgan fingerprint density at radius 1 is 1.16 bits per heavy atom. The number of aromatic nitrogens is 2. The van der Waals surface area contributed by atoms with Gasteiger partial charge in [-0.15, -0.1) is 0 Å². The van der Waals surface area contributed by atoms with E-state index in [1.54, 1.807) is 17.3 Å². The van der Waals surface area contributed by atoms with Crippen molar-refractivity contribution in [2.75, 3.05) is 19.6 Å². The number of rotatable bonds is 2. The van der Waals surface area contributed by atoms with E-state index in [0.29, 0.717) is 19.6 Å². The van der Waals surface area contributed by atoms with Crippen LogP contribution in [0.3, 0.4) is 0 Å². The summed E-state index contributed by atoms with van der Waals surface area (Å²) in [5.41, 5.74) is 2.93. The molecule has 1 aromatic rings. The average Bonchev–Trinajstić information content (AvgIpc) is 2.61. The summed E-state index contributed by atoms with van der Waals surface area (Å²) in [4.78, 5) is 27.1. The van der Waals surface area contributed by atoms with Crippen molar-refractivity contribution in [1.82, 2.24) is 14.9 Å². The van der Waals surface area contributed by atoms with Crippen molar-refractivity contribution < 1.29 is 9.53 Å². The van der Waals surface area contributed by atoms with Gasteiger partial charge in [-0.25, -0.2) is 14.8 Å². The maximum atomic E-state index is 12.1. The fourth-order valence-corrected chi connectivity index (χ4v) is 2.81. The minimum atomic E-state index is -0.463. The highest BCUT2D eigenvalue weighted by Gasteiger charge is 2.25. The zero-order valence-electron chi connectivity index (χ0n) is 15.0. The summed E-state index contributed by atoms with van der Waals surface area (Å²) in [7, 11) is 0. The molecule has 1 aromatic heterocycles. The third-order valence-electron chi connectivity index (χ3n) is 4.07. The molecule has 0 saturated heterocycles. The van der Waals surface area contributed by atoms with Gasteiger partial charge in [0.15, 0.2) is 5.82 Å². The maximum absolute atomic E-state index is 12.1. The molecule has 0 atom stereocenters. The normalized spacial score (nSPS) is 18.2. The van der Waals surface area contributed by atoms with E-state index in [-0.39, 0.29) is 6.09 Å². The molecule has 0 unspecified atom stereocenters. The van der Waals surface area contributed by atoms with Gasteiger partial charge in [-0.05, 0) is 38.8 Å². The SMILES string of the molecule is CC(C)(C)OC(=O)N1CC=C(C2=NCC(c3ncccn3)=CC2)CC1. The lowest BCUT2D eigenvalue weighted by molar-refractivity contribution is 0.0267. The molecular weight excluding hydrogens is 316 g/mol. The topological polar surface area (TPSA) is 67.7 Å². The molecule has 6 nitrogen and oxygen atoms in total. The Balaban J connectivity index is 1.58. The molecule has 25 heavy (non-hydrogen) atoms. The van der Waals surface area contributed by atoms with Gasteiger partial charge < -0.3 is 9.64 Å². The second-order valence-corrected chi connectivity index (χ2v) is 7.17. The third-order valence-corrected chi connectivity index (χ3v) is 4.07. The predicted octanol–water partition coefficient (Wildman–Crippen LogP) is 3.27. The number of allylic oxidation sites excluding steroid dienone is 1. The average molecular weight is 340 g/mol. The minimum Gasteiger partial charge on any atom is -0.444 e. The number of aliphatic imine (C=N–C) groups is 1. The second-order valence-electron chi connectivity index (χ2n) is 7.17. The molecule has 3 rings (SSSR count). The van der Waals surface area contributed by atoms with Crippen molar-refractivity contribution >= 4 is 17.4 Å². The van der Waals surface area contributed by atoms with E-state index in [1.165, 1.54) is 5.57 Å². The van der Waals surface area contributed by atoms with Gasteiger partial charge in [0.2, 0.25) is 0 Å². The molecule has 3 heterocycles. The zero-order chi connectivity index (χ0) is 17.9. The second kappa shape index (κ2) is 7.17. The molecule has 0 radical (unpaired) electrons. The van der Waals surface area contributed by atoms with Crippen LogP contribution in [0.15, 0.2) is 41.2 Å². The quantitative estimate of drug-likeness (QED) is 0.828. The van der Waals surface area contributed by atoms with E-state index in [1.807, 2.05) is 26.8 Å². The highest BCUT2D eigenvalue weighted by molar-refractivity contribution is 6.03. The molecule has 1 amide bonds. The number of ether oxygens (including phenoxy) is 1. The Morgan fingerprint density at radius 2 is 1.92 bits per heavy atom. The van der Waals surface area contributed by atoms with Crippen molar-refractivity contribution in [1.29, 1.82) is 0 Å². The molecule has 0 N–H and O–H groups in total. The standard InChI is InChI=1S/C19H24N4O2/c1-19(2,3)25-18(24)23-11-7-14(8-12-23)16-6-5-15(13-22-16)17-20-9-4-10-21-17/h4-5,7,9-10H,6,8,11-13H2,1-3H3. The Hall–Kier alpha value is -2.50. The molecule has 2 aliphatic heterocycles. The molecule has 0 spiro atoms. The molecule has 0 aromatic carbocycles. The van der Waals surface area contributed by atoms with E-state index < -0.39 is 5.60 Å². The van der Waals surface area contributed by atoms with Crippen LogP contribution >= 0.6 is 0 Å². The predicted molar refractivity (Wildman–Crippen MR) is 97.4 cm³/mol. The van der Waals surface area contributed by atoms with Crippen LogP contribution in [-0.4, -0.2) is 51.9 Å². The summed E-state index contributed by atoms with van der Waals surface area (Å²) < 4.78 is 5.43. The number of hydrogen-bond acceptors (Lipinski definition) is 5.